The summed E-state index contributed by atoms with van der Waals surface area (Å²) in [7, 11) is 5.50. The Kier molecular flexibility index (Phi) is 25.1. The first-order chi connectivity index (χ1) is 29.5. The molecule has 0 radical (unpaired) electrons. The summed E-state index contributed by atoms with van der Waals surface area (Å²) >= 11 is 0. The summed E-state index contributed by atoms with van der Waals surface area (Å²) in [6.07, 6.45) is 25.4. The van der Waals surface area contributed by atoms with Gasteiger partial charge >= 0.3 is 0 Å². The van der Waals surface area contributed by atoms with Crippen LogP contribution in [-0.4, -0.2) is 50.2 Å². The Balaban J connectivity index is 0.000000450. The van der Waals surface area contributed by atoms with Gasteiger partial charge in [-0.3, -0.25) is 0 Å². The number of nitrogens with one attached hydrogen (secondary N) is 2. The molecule has 6 rings (SSSR count). The van der Waals surface area contributed by atoms with Crippen LogP contribution in [0.15, 0.2) is 54.5 Å². The number of aliphatic hydroxyl groups excluding tert-OH is 1. The second-order valence-corrected chi connectivity index (χ2v) is 20.6. The van der Waals surface area contributed by atoms with Gasteiger partial charge in [-0.25, -0.2) is 4.39 Å². The van der Waals surface area contributed by atoms with E-state index in [1.807, 2.05) is 51.5 Å². The molecule has 7 N–H and O–H groups in total. The SMILES string of the molecule is CCC.CCC1C=CC(C)(C)C1CC.CCC1CCCCC(C)C(CC2(N)C(O)=CC3C4CCCC4C(N/C=C(\N)c4cccc(C)c4)C(F)C32)C1.CCCC(C)OC.CNC. The number of methoxy groups -OCH3 is 1. The third-order valence-corrected chi connectivity index (χ3v) is 15.3. The van der Waals surface area contributed by atoms with Gasteiger partial charge in [-0.1, -0.05) is 156 Å². The van der Waals surface area contributed by atoms with Gasteiger partial charge in [-0.05, 0) is 137 Å². The molecule has 0 amide bonds. The molecule has 0 saturated heterocycles. The first-order valence-corrected chi connectivity index (χ1v) is 25.4. The summed E-state index contributed by atoms with van der Waals surface area (Å²) in [6.45, 7) is 24.5. The summed E-state index contributed by atoms with van der Waals surface area (Å²) in [4.78, 5) is 0. The van der Waals surface area contributed by atoms with Crippen molar-refractivity contribution in [3.05, 3.63) is 65.6 Å². The molecule has 1 aromatic carbocycles. The fourth-order valence-corrected chi connectivity index (χ4v) is 11.7. The molecule has 62 heavy (non-hydrogen) atoms. The van der Waals surface area contributed by atoms with Crippen LogP contribution in [0.2, 0.25) is 0 Å². The lowest BCUT2D eigenvalue weighted by molar-refractivity contribution is -0.0142. The minimum atomic E-state index is -1.14. The largest absolute Gasteiger partial charge is 0.511 e. The highest BCUT2D eigenvalue weighted by molar-refractivity contribution is 5.62. The zero-order valence-corrected chi connectivity index (χ0v) is 42.5. The van der Waals surface area contributed by atoms with Gasteiger partial charge < -0.3 is 31.9 Å². The molecule has 6 nitrogen and oxygen atoms in total. The Morgan fingerprint density at radius 2 is 1.63 bits per heavy atom. The maximum atomic E-state index is 16.8. The van der Waals surface area contributed by atoms with Crippen molar-refractivity contribution in [1.82, 2.24) is 10.6 Å². The van der Waals surface area contributed by atoms with Crippen LogP contribution in [0.1, 0.15) is 177 Å². The number of aliphatic hydroxyl groups is 1. The first kappa shape index (κ1) is 55.8. The average molecular weight is 867 g/mol. The molecule has 0 heterocycles. The number of allylic oxidation sites excluding steroid dienone is 3. The molecule has 3 saturated carbocycles. The smallest absolute Gasteiger partial charge is 0.126 e. The molecule has 3 fully saturated rings. The summed E-state index contributed by atoms with van der Waals surface area (Å²) in [6, 6.07) is 7.75. The van der Waals surface area contributed by atoms with E-state index in [0.717, 1.165) is 48.6 Å². The van der Waals surface area contributed by atoms with Crippen LogP contribution in [-0.2, 0) is 4.74 Å². The van der Waals surface area contributed by atoms with Gasteiger partial charge in [0, 0.05) is 19.2 Å². The molecule has 5 aliphatic carbocycles. The van der Waals surface area contributed by atoms with Crippen LogP contribution >= 0.6 is 0 Å². The van der Waals surface area contributed by atoms with E-state index in [0.29, 0.717) is 47.3 Å². The van der Waals surface area contributed by atoms with Crippen molar-refractivity contribution >= 4 is 5.70 Å². The van der Waals surface area contributed by atoms with E-state index in [9.17, 15) is 5.11 Å². The van der Waals surface area contributed by atoms with Crippen LogP contribution in [0.3, 0.4) is 0 Å². The molecule has 0 aromatic heterocycles. The number of benzene rings is 1. The molecule has 1 aromatic rings. The van der Waals surface area contributed by atoms with Crippen LogP contribution in [0.5, 0.6) is 0 Å². The number of rotatable bonds is 11. The van der Waals surface area contributed by atoms with Gasteiger partial charge in [0.25, 0.3) is 0 Å². The fourth-order valence-electron chi connectivity index (χ4n) is 11.7. The van der Waals surface area contributed by atoms with Crippen LogP contribution < -0.4 is 22.1 Å². The molecule has 13 unspecified atom stereocenters. The summed E-state index contributed by atoms with van der Waals surface area (Å²) in [5.41, 5.74) is 15.8. The Bertz CT molecular complexity index is 1470. The number of fused-ring (bicyclic) bond motifs is 3. The van der Waals surface area contributed by atoms with E-state index in [2.05, 4.69) is 98.1 Å². The van der Waals surface area contributed by atoms with Crippen molar-refractivity contribution in [2.45, 2.75) is 196 Å². The Labute approximate surface area is 382 Å². The summed E-state index contributed by atoms with van der Waals surface area (Å²) < 4.78 is 21.8. The molecular formula is C55H99FN4O2. The van der Waals surface area contributed by atoms with E-state index in [1.165, 1.54) is 64.2 Å². The number of aryl methyl sites for hydroxylation is 1. The normalized spacial score (nSPS) is 33.8. The van der Waals surface area contributed by atoms with Gasteiger partial charge in [0.1, 0.15) is 11.9 Å². The number of alkyl halides is 1. The third kappa shape index (κ3) is 15.4. The average Bonchev–Trinajstić information content (AvgIpc) is 3.91. The van der Waals surface area contributed by atoms with Crippen molar-refractivity contribution < 1.29 is 14.2 Å². The van der Waals surface area contributed by atoms with E-state index in [4.69, 9.17) is 16.2 Å². The van der Waals surface area contributed by atoms with Crippen LogP contribution in [0.4, 0.5) is 4.39 Å². The predicted molar refractivity (Wildman–Crippen MR) is 268 cm³/mol. The summed E-state index contributed by atoms with van der Waals surface area (Å²) in [5.74, 6) is 3.83. The van der Waals surface area contributed by atoms with Crippen molar-refractivity contribution in [3.8, 4) is 0 Å². The van der Waals surface area contributed by atoms with Gasteiger partial charge in [-0.2, -0.15) is 0 Å². The Morgan fingerprint density at radius 3 is 2.18 bits per heavy atom. The number of halogens is 1. The van der Waals surface area contributed by atoms with Gasteiger partial charge in [0.15, 0.2) is 0 Å². The molecule has 5 aliphatic rings. The van der Waals surface area contributed by atoms with E-state index < -0.39 is 17.6 Å². The highest BCUT2D eigenvalue weighted by Gasteiger charge is 2.62. The van der Waals surface area contributed by atoms with E-state index in [-0.39, 0.29) is 23.6 Å². The van der Waals surface area contributed by atoms with Gasteiger partial charge in [0.05, 0.1) is 23.4 Å². The number of ether oxygens (including phenoxy) is 1. The molecule has 0 aliphatic heterocycles. The van der Waals surface area contributed by atoms with Crippen LogP contribution in [0.25, 0.3) is 5.70 Å². The molecule has 13 atom stereocenters. The quantitative estimate of drug-likeness (QED) is 0.142. The number of nitrogens with two attached hydrogens (primary N) is 2. The maximum Gasteiger partial charge on any atom is 0.126 e. The zero-order valence-electron chi connectivity index (χ0n) is 42.5. The summed E-state index contributed by atoms with van der Waals surface area (Å²) in [5, 5.41) is 17.6. The highest BCUT2D eigenvalue weighted by atomic mass is 19.1. The molecule has 0 bridgehead atoms. The van der Waals surface area contributed by atoms with Gasteiger partial charge in [0.2, 0.25) is 0 Å². The number of hydrogen-bond acceptors (Lipinski definition) is 6. The lowest BCUT2D eigenvalue weighted by atomic mass is 9.60. The van der Waals surface area contributed by atoms with Gasteiger partial charge in [-0.15, -0.1) is 0 Å². The second-order valence-electron chi connectivity index (χ2n) is 20.6. The van der Waals surface area contributed by atoms with Crippen molar-refractivity contribution in [1.29, 1.82) is 0 Å². The minimum absolute atomic E-state index is 0.0180. The Morgan fingerprint density at radius 1 is 0.984 bits per heavy atom. The first-order valence-electron chi connectivity index (χ1n) is 25.4. The predicted octanol–water partition coefficient (Wildman–Crippen LogP) is 13.7. The lowest BCUT2D eigenvalue weighted by Gasteiger charge is -2.50. The fraction of sp³-hybridized carbons (Fsp3) is 0.782. The molecule has 358 valence electrons. The molecular weight excluding hydrogens is 768 g/mol. The second kappa shape index (κ2) is 27.9. The molecule has 0 spiro atoms. The number of hydrogen-bond donors (Lipinski definition) is 5. The highest BCUT2D eigenvalue weighted by Crippen LogP contribution is 2.58. The standard InChI is InChI=1S/C33H50FN3O.C11H20.C6H14O.C3H8.C2H7N/c1-4-22-11-6-5-10-21(3)24(16-22)18-33(36)29(38)17-27-25-13-8-14-26(25)32(31(34)30(27)33)37-19-28(35)23-12-7-9-20(2)15-23;1-5-9-7-8-11(3,4)10(9)6-2;1-4-5-6(2)7-3;2*1-3-2/h7,9,12,15,17,19,21-22,24-27,30-32,37-38H,4-6,8,10-11,13-14,16,18,35-36H2,1-3H3;7-10H,5-6H2,1-4H3;6H,4-5H2,1-3H3;3H2,1-2H3;3H,1-2H3/b28-19-;;;;. The van der Waals surface area contributed by atoms with Crippen molar-refractivity contribution in [3.63, 3.8) is 0 Å². The maximum absolute atomic E-state index is 16.8. The minimum Gasteiger partial charge on any atom is -0.511 e. The topological polar surface area (TPSA) is 106 Å². The van der Waals surface area contributed by atoms with Crippen molar-refractivity contribution in [2.24, 2.45) is 70.1 Å². The van der Waals surface area contributed by atoms with E-state index in [1.54, 1.807) is 7.11 Å². The van der Waals surface area contributed by atoms with Crippen molar-refractivity contribution in [2.75, 3.05) is 21.2 Å². The van der Waals surface area contributed by atoms with Crippen LogP contribution in [0, 0.1) is 65.6 Å². The zero-order chi connectivity index (χ0) is 46.6. The Hall–Kier alpha value is -2.35. The van der Waals surface area contributed by atoms with E-state index >= 15 is 4.39 Å². The lowest BCUT2D eigenvalue weighted by Crippen LogP contribution is -2.62. The monoisotopic (exact) mass is 867 g/mol. The third-order valence-electron chi connectivity index (χ3n) is 15.3. The molecule has 7 heteroatoms.